The summed E-state index contributed by atoms with van der Waals surface area (Å²) >= 11 is 7.68. The first kappa shape index (κ1) is 22.3. The molecule has 0 saturated heterocycles. The molecule has 1 amide bonds. The second kappa shape index (κ2) is 10.1. The molecule has 0 saturated carbocycles. The molecule has 0 radical (unpaired) electrons. The maximum absolute atomic E-state index is 13.2. The lowest BCUT2D eigenvalue weighted by Gasteiger charge is -2.22. The third-order valence-electron chi connectivity index (χ3n) is 4.98. The third kappa shape index (κ3) is 5.19. The van der Waals surface area contributed by atoms with Crippen molar-refractivity contribution in [2.45, 2.75) is 33.0 Å². The minimum Gasteiger partial charge on any atom is -0.378 e. The molecule has 0 atom stereocenters. The average molecular weight is 445 g/mol. The molecule has 3 rings (SSSR count). The fraction of sp³-hybridized carbons (Fsp3) is 0.304. The molecule has 5 nitrogen and oxygen atoms in total. The van der Waals surface area contributed by atoms with Crippen LogP contribution in [0.25, 0.3) is 0 Å². The highest BCUT2D eigenvalue weighted by Gasteiger charge is 2.23. The summed E-state index contributed by atoms with van der Waals surface area (Å²) in [5, 5.41) is 4.66. The number of ether oxygens (including phenoxy) is 1. The summed E-state index contributed by atoms with van der Waals surface area (Å²) in [6.45, 7) is 3.12. The van der Waals surface area contributed by atoms with Crippen molar-refractivity contribution in [2.24, 2.45) is 0 Å². The number of rotatable bonds is 8. The van der Waals surface area contributed by atoms with Crippen LogP contribution in [0.15, 0.2) is 52.0 Å². The van der Waals surface area contributed by atoms with Crippen LogP contribution in [0.1, 0.15) is 32.9 Å². The number of halogens is 1. The van der Waals surface area contributed by atoms with Gasteiger partial charge in [-0.25, -0.2) is 0 Å². The Kier molecular flexibility index (Phi) is 7.48. The smallest absolute Gasteiger partial charge is 0.259 e. The molecule has 0 aliphatic heterocycles. The fourth-order valence-electron chi connectivity index (χ4n) is 3.51. The van der Waals surface area contributed by atoms with Crippen molar-refractivity contribution in [3.8, 4) is 0 Å². The monoisotopic (exact) mass is 444 g/mol. The Labute approximate surface area is 185 Å². The van der Waals surface area contributed by atoms with E-state index in [0.29, 0.717) is 23.8 Å². The second-order valence-electron chi connectivity index (χ2n) is 7.23. The number of hydrogen-bond donors (Lipinski definition) is 0. The van der Waals surface area contributed by atoms with E-state index < -0.39 is 0 Å². The number of thiophene rings is 1. The van der Waals surface area contributed by atoms with Gasteiger partial charge in [0.25, 0.3) is 5.91 Å². The van der Waals surface area contributed by atoms with E-state index in [9.17, 15) is 9.59 Å². The van der Waals surface area contributed by atoms with E-state index >= 15 is 0 Å². The van der Waals surface area contributed by atoms with Crippen molar-refractivity contribution in [3.05, 3.63) is 90.5 Å². The lowest BCUT2D eigenvalue weighted by atomic mass is 10.1. The van der Waals surface area contributed by atoms with E-state index in [0.717, 1.165) is 23.2 Å². The third-order valence-corrected chi connectivity index (χ3v) is 5.95. The second-order valence-corrected chi connectivity index (χ2v) is 8.45. The van der Waals surface area contributed by atoms with Gasteiger partial charge in [0, 0.05) is 44.0 Å². The minimum absolute atomic E-state index is 0.172. The molecule has 30 heavy (non-hydrogen) atoms. The Morgan fingerprint density at radius 2 is 2.03 bits per heavy atom. The van der Waals surface area contributed by atoms with Crippen molar-refractivity contribution in [1.82, 2.24) is 9.47 Å². The summed E-state index contributed by atoms with van der Waals surface area (Å²) in [6.07, 6.45) is 0.722. The molecule has 2 heterocycles. The molecule has 158 valence electrons. The molecule has 0 bridgehead atoms. The van der Waals surface area contributed by atoms with E-state index in [-0.39, 0.29) is 23.5 Å². The van der Waals surface area contributed by atoms with Gasteiger partial charge in [-0.1, -0.05) is 23.7 Å². The topological polar surface area (TPSA) is 51.5 Å². The first-order valence-electron chi connectivity index (χ1n) is 9.64. The first-order valence-corrected chi connectivity index (χ1v) is 11.0. The van der Waals surface area contributed by atoms with Crippen LogP contribution in [0, 0.1) is 6.92 Å². The number of methoxy groups -OCH3 is 1. The molecule has 0 aliphatic carbocycles. The predicted molar refractivity (Wildman–Crippen MR) is 121 cm³/mol. The van der Waals surface area contributed by atoms with Gasteiger partial charge in [0.15, 0.2) is 5.43 Å². The maximum Gasteiger partial charge on any atom is 0.259 e. The van der Waals surface area contributed by atoms with Crippen LogP contribution in [0.5, 0.6) is 0 Å². The van der Waals surface area contributed by atoms with Gasteiger partial charge in [-0.05, 0) is 53.4 Å². The van der Waals surface area contributed by atoms with Gasteiger partial charge in [-0.2, -0.15) is 11.3 Å². The van der Waals surface area contributed by atoms with Crippen molar-refractivity contribution in [3.63, 3.8) is 0 Å². The number of pyridine rings is 1. The molecule has 0 aliphatic rings. The molecule has 0 unspecified atom stereocenters. The van der Waals surface area contributed by atoms with Crippen LogP contribution in [0.2, 0.25) is 5.02 Å². The van der Waals surface area contributed by atoms with Gasteiger partial charge in [-0.3, -0.25) is 9.59 Å². The summed E-state index contributed by atoms with van der Waals surface area (Å²) in [5.74, 6) is -0.297. The quantitative estimate of drug-likeness (QED) is 0.512. The van der Waals surface area contributed by atoms with Gasteiger partial charge in [0.2, 0.25) is 0 Å². The minimum atomic E-state index is -0.297. The lowest BCUT2D eigenvalue weighted by Crippen LogP contribution is -2.34. The Morgan fingerprint density at radius 3 is 2.70 bits per heavy atom. The van der Waals surface area contributed by atoms with Gasteiger partial charge < -0.3 is 14.2 Å². The largest absolute Gasteiger partial charge is 0.378 e. The zero-order chi connectivity index (χ0) is 21.7. The van der Waals surface area contributed by atoms with E-state index in [1.807, 2.05) is 52.6 Å². The SMILES string of the molecule is COCc1c(C(=O)N(C)Cc2ccsc2)c(=O)cc(C)n1CCc1cccc(Cl)c1. The molecule has 0 spiro atoms. The Bertz CT molecular complexity index is 1080. The number of aryl methyl sites for hydroxylation is 2. The highest BCUT2D eigenvalue weighted by atomic mass is 35.5. The standard InChI is InChI=1S/C23H25ClN2O3S/c1-16-11-21(27)22(23(28)25(2)13-18-8-10-30-15-18)20(14-29-3)26(16)9-7-17-5-4-6-19(24)12-17/h4-6,8,10-12,15H,7,9,13-14H2,1-3H3. The molecular formula is C23H25ClN2O3S. The zero-order valence-electron chi connectivity index (χ0n) is 17.4. The van der Waals surface area contributed by atoms with E-state index in [1.165, 1.54) is 6.07 Å². The molecule has 1 aromatic carbocycles. The summed E-state index contributed by atoms with van der Waals surface area (Å²) in [4.78, 5) is 27.6. The Hall–Kier alpha value is -2.41. The van der Waals surface area contributed by atoms with Crippen LogP contribution in [-0.2, 0) is 30.9 Å². The lowest BCUT2D eigenvalue weighted by molar-refractivity contribution is 0.0776. The van der Waals surface area contributed by atoms with Crippen LogP contribution >= 0.6 is 22.9 Å². The molecule has 0 fully saturated rings. The number of nitrogens with zero attached hydrogens (tertiary/aromatic N) is 2. The molecule has 3 aromatic rings. The zero-order valence-corrected chi connectivity index (χ0v) is 18.9. The van der Waals surface area contributed by atoms with E-state index in [4.69, 9.17) is 16.3 Å². The Balaban J connectivity index is 1.94. The van der Waals surface area contributed by atoms with Gasteiger partial charge in [0.1, 0.15) is 5.56 Å². The average Bonchev–Trinajstić information content (AvgIpc) is 3.20. The summed E-state index contributed by atoms with van der Waals surface area (Å²) in [7, 11) is 3.28. The normalized spacial score (nSPS) is 10.9. The number of carbonyl (C=O) groups excluding carboxylic acids is 1. The van der Waals surface area contributed by atoms with Gasteiger partial charge in [-0.15, -0.1) is 0 Å². The number of amides is 1. The molecule has 2 aromatic heterocycles. The predicted octanol–water partition coefficient (Wildman–Crippen LogP) is 4.53. The number of aromatic nitrogens is 1. The van der Waals surface area contributed by atoms with Crippen LogP contribution in [0.4, 0.5) is 0 Å². The van der Waals surface area contributed by atoms with Crippen molar-refractivity contribution >= 4 is 28.8 Å². The molecule has 0 N–H and O–H groups in total. The summed E-state index contributed by atoms with van der Waals surface area (Å²) in [5.41, 5.74) is 3.42. The highest BCUT2D eigenvalue weighted by molar-refractivity contribution is 7.07. The van der Waals surface area contributed by atoms with Crippen LogP contribution < -0.4 is 5.43 Å². The van der Waals surface area contributed by atoms with E-state index in [1.54, 1.807) is 30.4 Å². The summed E-state index contributed by atoms with van der Waals surface area (Å²) < 4.78 is 7.37. The molecular weight excluding hydrogens is 420 g/mol. The van der Waals surface area contributed by atoms with Crippen molar-refractivity contribution < 1.29 is 9.53 Å². The van der Waals surface area contributed by atoms with Crippen LogP contribution in [0.3, 0.4) is 0 Å². The van der Waals surface area contributed by atoms with Gasteiger partial charge in [0.05, 0.1) is 12.3 Å². The van der Waals surface area contributed by atoms with Crippen molar-refractivity contribution in [2.75, 3.05) is 14.2 Å². The summed E-state index contributed by atoms with van der Waals surface area (Å²) in [6, 6.07) is 11.2. The highest BCUT2D eigenvalue weighted by Crippen LogP contribution is 2.17. The number of hydrogen-bond acceptors (Lipinski definition) is 4. The van der Waals surface area contributed by atoms with E-state index in [2.05, 4.69) is 0 Å². The maximum atomic E-state index is 13.2. The first-order chi connectivity index (χ1) is 14.4. The number of benzene rings is 1. The molecule has 7 heteroatoms. The Morgan fingerprint density at radius 1 is 1.23 bits per heavy atom. The fourth-order valence-corrected chi connectivity index (χ4v) is 4.38. The van der Waals surface area contributed by atoms with Gasteiger partial charge >= 0.3 is 0 Å². The van der Waals surface area contributed by atoms with Crippen LogP contribution in [-0.4, -0.2) is 29.5 Å². The number of carbonyl (C=O) groups is 1. The van der Waals surface area contributed by atoms with Crippen molar-refractivity contribution in [1.29, 1.82) is 0 Å².